The van der Waals surface area contributed by atoms with Crippen LogP contribution in [0, 0.1) is 0 Å². The Morgan fingerprint density at radius 2 is 0.656 bits per heavy atom. The first kappa shape index (κ1) is 47.7. The van der Waals surface area contributed by atoms with Gasteiger partial charge in [0.25, 0.3) is 0 Å². The highest BCUT2D eigenvalue weighted by molar-refractivity contribution is 6.09. The first-order chi connectivity index (χ1) is 31.5. The third-order valence-corrected chi connectivity index (χ3v) is 10.8. The first-order valence-corrected chi connectivity index (χ1v) is 22.6. The molecule has 8 heteroatoms. The van der Waals surface area contributed by atoms with Crippen molar-refractivity contribution in [3.8, 4) is 0 Å². The number of hydrogen-bond acceptors (Lipinski definition) is 4. The Balaban J connectivity index is 0.000000152. The maximum atomic E-state index is 4.41. The molecule has 0 bridgehead atoms. The fourth-order valence-corrected chi connectivity index (χ4v) is 7.97. The smallest absolute Gasteiger partial charge is 0.140 e. The minimum Gasteiger partial charge on any atom is -0.344 e. The molecular formula is C56H64N8. The summed E-state index contributed by atoms with van der Waals surface area (Å²) in [6.45, 7) is 16.0. The SMILES string of the molecule is CC.CC.CC.CC.Cn1c2ccccc2c2cccnc21.Cn1c2ccccc2c2ccncc21.Cn1c2ccccc2c2cnccc21.Cn1c2ccccc2c2ncccc21. The molecular weight excluding hydrogens is 785 g/mol. The molecule has 64 heavy (non-hydrogen) atoms. The molecule has 0 aliphatic carbocycles. The Morgan fingerprint density at radius 3 is 1.28 bits per heavy atom. The van der Waals surface area contributed by atoms with E-state index in [-0.39, 0.29) is 0 Å². The number of nitrogens with zero attached hydrogens (tertiary/aromatic N) is 8. The normalized spacial score (nSPS) is 10.2. The van der Waals surface area contributed by atoms with Gasteiger partial charge in [0, 0.05) is 108 Å². The van der Waals surface area contributed by atoms with Gasteiger partial charge in [0.1, 0.15) is 5.65 Å². The summed E-state index contributed by atoms with van der Waals surface area (Å²) in [4.78, 5) is 17.1. The van der Waals surface area contributed by atoms with E-state index >= 15 is 0 Å². The molecule has 0 unspecified atom stereocenters. The molecule has 12 aromatic rings. The van der Waals surface area contributed by atoms with E-state index < -0.39 is 0 Å². The van der Waals surface area contributed by atoms with Crippen LogP contribution >= 0.6 is 0 Å². The predicted molar refractivity (Wildman–Crippen MR) is 278 cm³/mol. The van der Waals surface area contributed by atoms with Gasteiger partial charge in [-0.25, -0.2) is 4.98 Å². The van der Waals surface area contributed by atoms with Crippen molar-refractivity contribution in [3.63, 3.8) is 0 Å². The fraction of sp³-hybridized carbons (Fsp3) is 0.214. The van der Waals surface area contributed by atoms with Gasteiger partial charge in [0.2, 0.25) is 0 Å². The summed E-state index contributed by atoms with van der Waals surface area (Å²) >= 11 is 0. The third kappa shape index (κ3) is 9.52. The predicted octanol–water partition coefficient (Wildman–Crippen LogP) is 15.0. The second-order valence-electron chi connectivity index (χ2n) is 13.8. The van der Waals surface area contributed by atoms with Crippen LogP contribution < -0.4 is 0 Å². The fourth-order valence-electron chi connectivity index (χ4n) is 7.97. The van der Waals surface area contributed by atoms with Crippen molar-refractivity contribution in [1.29, 1.82) is 0 Å². The molecule has 0 spiro atoms. The van der Waals surface area contributed by atoms with Gasteiger partial charge in [-0.05, 0) is 60.7 Å². The number of pyridine rings is 4. The summed E-state index contributed by atoms with van der Waals surface area (Å²) < 4.78 is 8.69. The van der Waals surface area contributed by atoms with Crippen molar-refractivity contribution < 1.29 is 0 Å². The maximum absolute atomic E-state index is 4.41. The van der Waals surface area contributed by atoms with E-state index in [1.54, 1.807) is 0 Å². The Hall–Kier alpha value is -7.32. The lowest BCUT2D eigenvalue weighted by Crippen LogP contribution is -1.87. The van der Waals surface area contributed by atoms with Crippen molar-refractivity contribution in [2.45, 2.75) is 55.4 Å². The lowest BCUT2D eigenvalue weighted by Gasteiger charge is -1.95. The highest BCUT2D eigenvalue weighted by Crippen LogP contribution is 2.29. The lowest BCUT2D eigenvalue weighted by molar-refractivity contribution is 0.990. The zero-order valence-corrected chi connectivity index (χ0v) is 39.7. The summed E-state index contributed by atoms with van der Waals surface area (Å²) in [6, 6.07) is 45.8. The summed E-state index contributed by atoms with van der Waals surface area (Å²) in [7, 11) is 8.29. The summed E-state index contributed by atoms with van der Waals surface area (Å²) in [5, 5.41) is 8.81. The molecule has 0 aliphatic rings. The van der Waals surface area contributed by atoms with E-state index in [0.717, 1.165) is 11.2 Å². The zero-order valence-electron chi connectivity index (χ0n) is 39.7. The molecule has 12 rings (SSSR count). The van der Waals surface area contributed by atoms with E-state index in [2.05, 4.69) is 188 Å². The molecule has 0 fully saturated rings. The number of benzene rings is 4. The molecule has 0 atom stereocenters. The van der Waals surface area contributed by atoms with Crippen LogP contribution in [0.1, 0.15) is 55.4 Å². The number of hydrogen-bond donors (Lipinski definition) is 0. The van der Waals surface area contributed by atoms with Crippen molar-refractivity contribution in [3.05, 3.63) is 171 Å². The zero-order chi connectivity index (χ0) is 46.2. The Kier molecular flexibility index (Phi) is 17.3. The minimum absolute atomic E-state index is 1.05. The molecule has 8 aromatic heterocycles. The molecule has 8 heterocycles. The molecule has 0 amide bonds. The van der Waals surface area contributed by atoms with Gasteiger partial charge in [0.05, 0.1) is 39.3 Å². The highest BCUT2D eigenvalue weighted by Gasteiger charge is 2.09. The average molecular weight is 849 g/mol. The van der Waals surface area contributed by atoms with E-state index in [9.17, 15) is 0 Å². The van der Waals surface area contributed by atoms with Crippen LogP contribution in [0.3, 0.4) is 0 Å². The van der Waals surface area contributed by atoms with Crippen molar-refractivity contribution in [1.82, 2.24) is 38.2 Å². The average Bonchev–Trinajstić information content (AvgIpc) is 4.07. The number of rotatable bonds is 0. The van der Waals surface area contributed by atoms with E-state index in [0.29, 0.717) is 0 Å². The summed E-state index contributed by atoms with van der Waals surface area (Å²) in [5.41, 5.74) is 10.7. The first-order valence-electron chi connectivity index (χ1n) is 22.6. The molecule has 0 N–H and O–H groups in total. The largest absolute Gasteiger partial charge is 0.344 e. The highest BCUT2D eigenvalue weighted by atomic mass is 15.0. The number of aromatic nitrogens is 8. The van der Waals surface area contributed by atoms with Crippen LogP contribution in [0.2, 0.25) is 0 Å². The van der Waals surface area contributed by atoms with Gasteiger partial charge in [-0.1, -0.05) is 128 Å². The summed E-state index contributed by atoms with van der Waals surface area (Å²) in [5.74, 6) is 0. The van der Waals surface area contributed by atoms with Crippen LogP contribution in [-0.2, 0) is 28.2 Å². The number of aryl methyl sites for hydroxylation is 4. The topological polar surface area (TPSA) is 71.3 Å². The standard InChI is InChI=1S/4C12H10N2.4C2H6/c1-14-11-7-3-2-5-9(11)10-6-4-8-13-12(10)14;1-14-10-6-3-2-5-9(10)12-11(14)7-4-8-13-12;1-14-11-5-3-2-4-9(11)10-8-13-7-6-12(10)14;1-14-11-5-3-2-4-9(11)10-6-7-13-8-12(10)14;4*1-2/h4*2-8H,1H3;4*1-2H3. The van der Waals surface area contributed by atoms with Gasteiger partial charge in [-0.2, -0.15) is 0 Å². The van der Waals surface area contributed by atoms with E-state index in [1.165, 1.54) is 76.3 Å². The monoisotopic (exact) mass is 849 g/mol. The van der Waals surface area contributed by atoms with Crippen LogP contribution in [-0.4, -0.2) is 38.2 Å². The molecule has 8 nitrogen and oxygen atoms in total. The second kappa shape index (κ2) is 23.2. The summed E-state index contributed by atoms with van der Waals surface area (Å²) in [6.07, 6.45) is 11.2. The Bertz CT molecular complexity index is 2670. The van der Waals surface area contributed by atoms with Gasteiger partial charge in [-0.15, -0.1) is 0 Å². The molecule has 0 saturated carbocycles. The molecule has 0 aliphatic heterocycles. The van der Waals surface area contributed by atoms with Gasteiger partial charge >= 0.3 is 0 Å². The second-order valence-corrected chi connectivity index (χ2v) is 13.8. The van der Waals surface area contributed by atoms with Gasteiger partial charge in [-0.3, -0.25) is 15.0 Å². The van der Waals surface area contributed by atoms with Crippen molar-refractivity contribution in [2.24, 2.45) is 28.2 Å². The Morgan fingerprint density at radius 1 is 0.281 bits per heavy atom. The van der Waals surface area contributed by atoms with Crippen LogP contribution in [0.5, 0.6) is 0 Å². The Labute approximate surface area is 378 Å². The van der Waals surface area contributed by atoms with Gasteiger partial charge < -0.3 is 18.3 Å². The third-order valence-electron chi connectivity index (χ3n) is 10.8. The van der Waals surface area contributed by atoms with E-state index in [1.807, 2.05) is 105 Å². The number of para-hydroxylation sites is 4. The quantitative estimate of drug-likeness (QED) is 0.152. The van der Waals surface area contributed by atoms with Crippen molar-refractivity contribution >= 4 is 87.5 Å². The molecule has 328 valence electrons. The maximum Gasteiger partial charge on any atom is 0.140 e. The van der Waals surface area contributed by atoms with Gasteiger partial charge in [0.15, 0.2) is 0 Å². The van der Waals surface area contributed by atoms with Crippen molar-refractivity contribution in [2.75, 3.05) is 0 Å². The molecule has 0 radical (unpaired) electrons. The van der Waals surface area contributed by atoms with Crippen LogP contribution in [0.15, 0.2) is 171 Å². The lowest BCUT2D eigenvalue weighted by atomic mass is 10.2. The molecule has 4 aromatic carbocycles. The number of fused-ring (bicyclic) bond motifs is 12. The minimum atomic E-state index is 1.05. The van der Waals surface area contributed by atoms with E-state index in [4.69, 9.17) is 0 Å². The van der Waals surface area contributed by atoms with Crippen LogP contribution in [0.4, 0.5) is 0 Å². The molecule has 0 saturated heterocycles. The van der Waals surface area contributed by atoms with Crippen LogP contribution in [0.25, 0.3) is 87.5 Å².